The molecule has 0 aliphatic rings. The molecule has 0 aliphatic heterocycles. The predicted octanol–water partition coefficient (Wildman–Crippen LogP) is 2.84. The zero-order valence-electron chi connectivity index (χ0n) is 19.6. The molecule has 0 heterocycles. The van der Waals surface area contributed by atoms with Crippen LogP contribution in [0.25, 0.3) is 0 Å². The second-order valence-electron chi connectivity index (χ2n) is 7.81. The summed E-state index contributed by atoms with van der Waals surface area (Å²) in [7, 11) is 3.24. The fraction of sp³-hybridized carbons (Fsp3) is 0.296. The Morgan fingerprint density at radius 1 is 0.882 bits per heavy atom. The molecule has 0 radical (unpaired) electrons. The molecule has 4 N–H and O–H groups in total. The van der Waals surface area contributed by atoms with Gasteiger partial charge in [0.15, 0.2) is 0 Å². The van der Waals surface area contributed by atoms with Gasteiger partial charge in [0, 0.05) is 19.5 Å². The number of amides is 1. The van der Waals surface area contributed by atoms with E-state index in [9.17, 15) is 9.90 Å². The highest BCUT2D eigenvalue weighted by molar-refractivity contribution is 5.76. The van der Waals surface area contributed by atoms with E-state index in [1.807, 2.05) is 78.9 Å². The monoisotopic (exact) mass is 464 g/mol. The highest BCUT2D eigenvalue weighted by atomic mass is 16.5. The van der Waals surface area contributed by atoms with Gasteiger partial charge in [-0.3, -0.25) is 4.79 Å². The first kappa shape index (κ1) is 25.2. The van der Waals surface area contributed by atoms with Crippen LogP contribution in [0.3, 0.4) is 0 Å². The molecule has 1 atom stereocenters. The maximum atomic E-state index is 11.8. The van der Waals surface area contributed by atoms with Crippen LogP contribution in [0, 0.1) is 0 Å². The number of nitrogens with one attached hydrogen (secondary N) is 1. The van der Waals surface area contributed by atoms with Crippen LogP contribution < -0.4 is 20.5 Å². The summed E-state index contributed by atoms with van der Waals surface area (Å²) in [5.74, 6) is 1.24. The van der Waals surface area contributed by atoms with Crippen LogP contribution >= 0.6 is 0 Å². The van der Waals surface area contributed by atoms with Gasteiger partial charge in [-0.15, -0.1) is 0 Å². The molecule has 180 valence electrons. The fourth-order valence-electron chi connectivity index (χ4n) is 3.81. The van der Waals surface area contributed by atoms with E-state index in [2.05, 4.69) is 5.32 Å². The molecule has 0 spiro atoms. The second kappa shape index (κ2) is 12.2. The minimum Gasteiger partial charge on any atom is -0.497 e. The van der Waals surface area contributed by atoms with Gasteiger partial charge in [-0.2, -0.15) is 0 Å². The molecule has 1 unspecified atom stereocenters. The molecular weight excluding hydrogens is 432 g/mol. The van der Waals surface area contributed by atoms with E-state index in [0.717, 1.165) is 28.2 Å². The Morgan fingerprint density at radius 3 is 1.85 bits per heavy atom. The van der Waals surface area contributed by atoms with Crippen LogP contribution in [0.4, 0.5) is 0 Å². The molecule has 0 saturated carbocycles. The zero-order chi connectivity index (χ0) is 24.4. The van der Waals surface area contributed by atoms with Gasteiger partial charge in [0.05, 0.1) is 26.9 Å². The molecule has 3 aromatic carbocycles. The van der Waals surface area contributed by atoms with Crippen molar-refractivity contribution in [1.29, 1.82) is 0 Å². The fourth-order valence-corrected chi connectivity index (χ4v) is 3.81. The second-order valence-corrected chi connectivity index (χ2v) is 7.81. The number of aliphatic hydroxyl groups is 1. The van der Waals surface area contributed by atoms with Gasteiger partial charge in [-0.05, 0) is 41.0 Å². The molecule has 0 aliphatic carbocycles. The third-order valence-electron chi connectivity index (χ3n) is 5.57. The third-order valence-corrected chi connectivity index (χ3v) is 5.57. The van der Waals surface area contributed by atoms with Crippen molar-refractivity contribution in [3.8, 4) is 11.5 Å². The number of aliphatic hydroxyl groups excluding tert-OH is 1. The number of carbonyl (C=O) groups excluding carboxylic acids is 1. The highest BCUT2D eigenvalue weighted by Gasteiger charge is 2.38. The summed E-state index contributed by atoms with van der Waals surface area (Å²) in [5, 5.41) is 13.3. The van der Waals surface area contributed by atoms with Gasteiger partial charge in [-0.25, -0.2) is 0 Å². The number of hydrogen-bond acceptors (Lipinski definition) is 6. The van der Waals surface area contributed by atoms with Crippen molar-refractivity contribution in [3.05, 3.63) is 95.6 Å². The number of ether oxygens (including phenoxy) is 3. The number of methoxy groups -OCH3 is 2. The van der Waals surface area contributed by atoms with Gasteiger partial charge >= 0.3 is 0 Å². The highest BCUT2D eigenvalue weighted by Crippen LogP contribution is 2.41. The Labute approximate surface area is 200 Å². The number of rotatable bonds is 12. The van der Waals surface area contributed by atoms with E-state index < -0.39 is 11.7 Å². The summed E-state index contributed by atoms with van der Waals surface area (Å²) >= 11 is 0. The molecule has 1 amide bonds. The Bertz CT molecular complexity index is 976. The van der Waals surface area contributed by atoms with Gasteiger partial charge in [0.1, 0.15) is 17.1 Å². The smallest absolute Gasteiger partial charge is 0.221 e. The zero-order valence-corrected chi connectivity index (χ0v) is 19.6. The summed E-state index contributed by atoms with van der Waals surface area (Å²) in [4.78, 5) is 11.8. The Morgan fingerprint density at radius 2 is 1.38 bits per heavy atom. The van der Waals surface area contributed by atoms with Crippen LogP contribution in [0.1, 0.15) is 23.1 Å². The lowest BCUT2D eigenvalue weighted by Crippen LogP contribution is -2.40. The molecule has 0 bridgehead atoms. The number of hydrogen-bond donors (Lipinski definition) is 3. The summed E-state index contributed by atoms with van der Waals surface area (Å²) in [6, 6.07) is 25.1. The first-order valence-electron chi connectivity index (χ1n) is 11.2. The summed E-state index contributed by atoms with van der Waals surface area (Å²) in [5.41, 5.74) is 7.02. The van der Waals surface area contributed by atoms with Crippen LogP contribution in [0.5, 0.6) is 11.5 Å². The molecule has 0 saturated heterocycles. The maximum absolute atomic E-state index is 11.8. The lowest BCUT2D eigenvalue weighted by Gasteiger charge is -2.36. The number of nitrogens with two attached hydrogens (primary N) is 1. The topological polar surface area (TPSA) is 103 Å². The average molecular weight is 465 g/mol. The van der Waals surface area contributed by atoms with Crippen molar-refractivity contribution in [3.63, 3.8) is 0 Å². The van der Waals surface area contributed by atoms with E-state index in [1.54, 1.807) is 14.2 Å². The molecule has 3 aromatic rings. The SMILES string of the molecule is COc1ccc(C(OCC(O)CNC(=O)CCN)(c2ccccc2)c2ccc(OC)cc2)cc1. The minimum absolute atomic E-state index is 0.0180. The van der Waals surface area contributed by atoms with Gasteiger partial charge in [-0.1, -0.05) is 54.6 Å². The Kier molecular flexibility index (Phi) is 9.04. The molecule has 7 nitrogen and oxygen atoms in total. The standard InChI is InChI=1S/C27H32N2O5/c1-32-24-12-8-21(9-13-24)27(20-6-4-3-5-7-20,22-10-14-25(33-2)15-11-22)34-19-23(30)18-29-26(31)16-17-28/h3-15,23,30H,16-19,28H2,1-2H3,(H,29,31). The summed E-state index contributed by atoms with van der Waals surface area (Å²) in [6.45, 7) is 0.301. The van der Waals surface area contributed by atoms with Crippen LogP contribution in [0.15, 0.2) is 78.9 Å². The lowest BCUT2D eigenvalue weighted by molar-refractivity contribution is -0.121. The Hall–Kier alpha value is -3.39. The van der Waals surface area contributed by atoms with Crippen molar-refractivity contribution in [2.75, 3.05) is 33.9 Å². The van der Waals surface area contributed by atoms with Crippen molar-refractivity contribution < 1.29 is 24.1 Å². The maximum Gasteiger partial charge on any atom is 0.221 e. The average Bonchev–Trinajstić information content (AvgIpc) is 2.89. The van der Waals surface area contributed by atoms with E-state index in [1.165, 1.54) is 0 Å². The van der Waals surface area contributed by atoms with Gasteiger partial charge in [0.25, 0.3) is 0 Å². The van der Waals surface area contributed by atoms with Crippen molar-refractivity contribution in [2.24, 2.45) is 5.73 Å². The minimum atomic E-state index is -1.03. The predicted molar refractivity (Wildman–Crippen MR) is 131 cm³/mol. The first-order chi connectivity index (χ1) is 16.5. The summed E-state index contributed by atoms with van der Waals surface area (Å²) < 4.78 is 17.3. The number of carbonyl (C=O) groups is 1. The Balaban J connectivity index is 2.02. The van der Waals surface area contributed by atoms with Crippen molar-refractivity contribution in [1.82, 2.24) is 5.32 Å². The molecular formula is C27H32N2O5. The van der Waals surface area contributed by atoms with Crippen LogP contribution in [-0.4, -0.2) is 51.0 Å². The van der Waals surface area contributed by atoms with Crippen LogP contribution in [-0.2, 0) is 15.1 Å². The third kappa shape index (κ3) is 5.94. The molecule has 7 heteroatoms. The van der Waals surface area contributed by atoms with E-state index >= 15 is 0 Å². The van der Waals surface area contributed by atoms with Crippen LogP contribution in [0.2, 0.25) is 0 Å². The normalized spacial score (nSPS) is 12.1. The molecule has 0 fully saturated rings. The van der Waals surface area contributed by atoms with E-state index in [-0.39, 0.29) is 32.0 Å². The molecule has 34 heavy (non-hydrogen) atoms. The van der Waals surface area contributed by atoms with Gasteiger partial charge in [0.2, 0.25) is 5.91 Å². The first-order valence-corrected chi connectivity index (χ1v) is 11.2. The van der Waals surface area contributed by atoms with Crippen molar-refractivity contribution in [2.45, 2.75) is 18.1 Å². The number of benzene rings is 3. The molecule has 3 rings (SSSR count). The van der Waals surface area contributed by atoms with E-state index in [0.29, 0.717) is 0 Å². The quantitative estimate of drug-likeness (QED) is 0.356. The lowest BCUT2D eigenvalue weighted by atomic mass is 9.80. The van der Waals surface area contributed by atoms with E-state index in [4.69, 9.17) is 19.9 Å². The summed E-state index contributed by atoms with van der Waals surface area (Å²) in [6.07, 6.45) is -0.708. The largest absolute Gasteiger partial charge is 0.497 e. The van der Waals surface area contributed by atoms with Crippen molar-refractivity contribution >= 4 is 5.91 Å². The molecule has 0 aromatic heterocycles. The van der Waals surface area contributed by atoms with Gasteiger partial charge < -0.3 is 30.4 Å².